The first-order valence-corrected chi connectivity index (χ1v) is 8.54. The molecule has 2 amide bonds. The zero-order chi connectivity index (χ0) is 16.0. The Bertz CT molecular complexity index is 362. The van der Waals surface area contributed by atoms with Gasteiger partial charge >= 0.3 is 0 Å². The van der Waals surface area contributed by atoms with Crippen LogP contribution in [-0.4, -0.2) is 34.8 Å². The van der Waals surface area contributed by atoms with Crippen LogP contribution < -0.4 is 5.32 Å². The standard InChI is InChI=1S/C17H32N2O2/c1-6-14-15(20)18-17(7-2,8-3)16(21)19(14)12-10-9-11-13(4)5/h13-14H,6-12H2,1-5H3,(H,18,20). The van der Waals surface area contributed by atoms with Gasteiger partial charge in [-0.25, -0.2) is 0 Å². The number of carbonyl (C=O) groups is 2. The van der Waals surface area contributed by atoms with E-state index in [1.54, 1.807) is 0 Å². The fraction of sp³-hybridized carbons (Fsp3) is 0.882. The highest BCUT2D eigenvalue weighted by molar-refractivity contribution is 5.99. The van der Waals surface area contributed by atoms with Crippen LogP contribution in [0.5, 0.6) is 0 Å². The number of unbranched alkanes of at least 4 members (excludes halogenated alkanes) is 1. The molecule has 0 saturated carbocycles. The van der Waals surface area contributed by atoms with Crippen LogP contribution in [0.1, 0.15) is 73.1 Å². The molecule has 0 radical (unpaired) electrons. The lowest BCUT2D eigenvalue weighted by molar-refractivity contribution is -0.155. The van der Waals surface area contributed by atoms with Crippen LogP contribution in [0.2, 0.25) is 0 Å². The summed E-state index contributed by atoms with van der Waals surface area (Å²) in [7, 11) is 0. The first-order valence-electron chi connectivity index (χ1n) is 8.54. The molecule has 1 aliphatic heterocycles. The Balaban J connectivity index is 2.79. The summed E-state index contributed by atoms with van der Waals surface area (Å²) in [6.07, 6.45) is 5.28. The van der Waals surface area contributed by atoms with Crippen molar-refractivity contribution in [2.75, 3.05) is 6.54 Å². The van der Waals surface area contributed by atoms with Crippen molar-refractivity contribution in [3.8, 4) is 0 Å². The van der Waals surface area contributed by atoms with E-state index in [1.807, 2.05) is 25.7 Å². The molecule has 0 aliphatic carbocycles. The van der Waals surface area contributed by atoms with Gasteiger partial charge in [0.1, 0.15) is 11.6 Å². The second kappa shape index (κ2) is 7.81. The lowest BCUT2D eigenvalue weighted by atomic mass is 9.86. The van der Waals surface area contributed by atoms with Crippen LogP contribution in [0.3, 0.4) is 0 Å². The molecule has 0 aromatic carbocycles. The first kappa shape index (κ1) is 18.0. The Labute approximate surface area is 129 Å². The Morgan fingerprint density at radius 1 is 1.14 bits per heavy atom. The lowest BCUT2D eigenvalue weighted by Crippen LogP contribution is -2.69. The van der Waals surface area contributed by atoms with Gasteiger partial charge in [0.05, 0.1) is 0 Å². The maximum absolute atomic E-state index is 12.9. The van der Waals surface area contributed by atoms with Gasteiger partial charge in [0.15, 0.2) is 0 Å². The van der Waals surface area contributed by atoms with Crippen molar-refractivity contribution in [3.63, 3.8) is 0 Å². The molecule has 1 fully saturated rings. The molecular weight excluding hydrogens is 264 g/mol. The topological polar surface area (TPSA) is 49.4 Å². The van der Waals surface area contributed by atoms with Gasteiger partial charge in [-0.05, 0) is 31.6 Å². The van der Waals surface area contributed by atoms with Gasteiger partial charge in [0.2, 0.25) is 11.8 Å². The van der Waals surface area contributed by atoms with E-state index in [4.69, 9.17) is 0 Å². The number of rotatable bonds is 8. The molecule has 1 rings (SSSR count). The second-order valence-electron chi connectivity index (χ2n) is 6.59. The molecule has 1 heterocycles. The zero-order valence-electron chi connectivity index (χ0n) is 14.4. The largest absolute Gasteiger partial charge is 0.340 e. The minimum Gasteiger partial charge on any atom is -0.340 e. The van der Waals surface area contributed by atoms with E-state index in [9.17, 15) is 9.59 Å². The SMILES string of the molecule is CCC1C(=O)NC(CC)(CC)C(=O)N1CCCCC(C)C. The molecule has 1 saturated heterocycles. The van der Waals surface area contributed by atoms with Gasteiger partial charge in [-0.1, -0.05) is 47.5 Å². The average Bonchev–Trinajstić information content (AvgIpc) is 2.46. The maximum Gasteiger partial charge on any atom is 0.248 e. The third-order valence-corrected chi connectivity index (χ3v) is 4.74. The van der Waals surface area contributed by atoms with Crippen molar-refractivity contribution in [3.05, 3.63) is 0 Å². The van der Waals surface area contributed by atoms with E-state index in [0.29, 0.717) is 31.7 Å². The van der Waals surface area contributed by atoms with Crippen LogP contribution in [0.4, 0.5) is 0 Å². The van der Waals surface area contributed by atoms with Gasteiger partial charge in [-0.15, -0.1) is 0 Å². The minimum atomic E-state index is -0.680. The van der Waals surface area contributed by atoms with Crippen molar-refractivity contribution in [2.24, 2.45) is 5.92 Å². The number of piperazine rings is 1. The molecular formula is C17H32N2O2. The minimum absolute atomic E-state index is 0.0182. The van der Waals surface area contributed by atoms with E-state index in [0.717, 1.165) is 12.8 Å². The van der Waals surface area contributed by atoms with Gasteiger partial charge in [0.25, 0.3) is 0 Å². The average molecular weight is 296 g/mol. The molecule has 0 aromatic heterocycles. The summed E-state index contributed by atoms with van der Waals surface area (Å²) in [5.41, 5.74) is -0.680. The smallest absolute Gasteiger partial charge is 0.248 e. The molecule has 1 N–H and O–H groups in total. The third-order valence-electron chi connectivity index (χ3n) is 4.74. The molecule has 4 nitrogen and oxygen atoms in total. The predicted octanol–water partition coefficient (Wildman–Crippen LogP) is 3.11. The molecule has 4 heteroatoms. The molecule has 1 atom stereocenters. The van der Waals surface area contributed by atoms with Crippen LogP contribution in [0.15, 0.2) is 0 Å². The van der Waals surface area contributed by atoms with E-state index in [1.165, 1.54) is 6.42 Å². The number of amides is 2. The summed E-state index contributed by atoms with van der Waals surface area (Å²) < 4.78 is 0. The highest BCUT2D eigenvalue weighted by atomic mass is 16.2. The van der Waals surface area contributed by atoms with Gasteiger partial charge in [0, 0.05) is 6.54 Å². The first-order chi connectivity index (χ1) is 9.91. The Hall–Kier alpha value is -1.06. The Morgan fingerprint density at radius 2 is 1.76 bits per heavy atom. The number of nitrogens with zero attached hydrogens (tertiary/aromatic N) is 1. The fourth-order valence-corrected chi connectivity index (χ4v) is 3.16. The van der Waals surface area contributed by atoms with Crippen molar-refractivity contribution in [1.82, 2.24) is 10.2 Å². The van der Waals surface area contributed by atoms with Crippen molar-refractivity contribution in [1.29, 1.82) is 0 Å². The van der Waals surface area contributed by atoms with Crippen molar-refractivity contribution >= 4 is 11.8 Å². The van der Waals surface area contributed by atoms with E-state index in [2.05, 4.69) is 19.2 Å². The predicted molar refractivity (Wildman–Crippen MR) is 85.9 cm³/mol. The van der Waals surface area contributed by atoms with Crippen LogP contribution in [0, 0.1) is 5.92 Å². The number of nitrogens with one attached hydrogen (secondary N) is 1. The summed E-state index contributed by atoms with van der Waals surface area (Å²) >= 11 is 0. The number of hydrogen-bond donors (Lipinski definition) is 1. The normalized spacial score (nSPS) is 21.8. The third kappa shape index (κ3) is 3.98. The van der Waals surface area contributed by atoms with E-state index < -0.39 is 5.54 Å². The lowest BCUT2D eigenvalue weighted by Gasteiger charge is -2.45. The molecule has 122 valence electrons. The summed E-state index contributed by atoms with van der Waals surface area (Å²) in [4.78, 5) is 27.1. The molecule has 21 heavy (non-hydrogen) atoms. The van der Waals surface area contributed by atoms with Gasteiger partial charge in [-0.3, -0.25) is 9.59 Å². The highest BCUT2D eigenvalue weighted by Gasteiger charge is 2.47. The van der Waals surface area contributed by atoms with Crippen LogP contribution >= 0.6 is 0 Å². The highest BCUT2D eigenvalue weighted by Crippen LogP contribution is 2.26. The maximum atomic E-state index is 12.9. The van der Waals surface area contributed by atoms with Crippen LogP contribution in [0.25, 0.3) is 0 Å². The van der Waals surface area contributed by atoms with Crippen molar-refractivity contribution in [2.45, 2.75) is 84.7 Å². The summed E-state index contributed by atoms with van der Waals surface area (Å²) in [5.74, 6) is 0.825. The van der Waals surface area contributed by atoms with Gasteiger partial charge < -0.3 is 10.2 Å². The Kier molecular flexibility index (Phi) is 6.69. The van der Waals surface area contributed by atoms with Crippen LogP contribution in [-0.2, 0) is 9.59 Å². The number of hydrogen-bond acceptors (Lipinski definition) is 2. The molecule has 0 spiro atoms. The quantitative estimate of drug-likeness (QED) is 0.700. The summed E-state index contributed by atoms with van der Waals surface area (Å²) in [6.45, 7) is 11.1. The monoisotopic (exact) mass is 296 g/mol. The molecule has 0 aromatic rings. The second-order valence-corrected chi connectivity index (χ2v) is 6.59. The number of carbonyl (C=O) groups excluding carboxylic acids is 2. The molecule has 1 unspecified atom stereocenters. The fourth-order valence-electron chi connectivity index (χ4n) is 3.16. The molecule has 1 aliphatic rings. The molecule has 0 bridgehead atoms. The van der Waals surface area contributed by atoms with Crippen molar-refractivity contribution < 1.29 is 9.59 Å². The summed E-state index contributed by atoms with van der Waals surface area (Å²) in [6, 6.07) is -0.289. The van der Waals surface area contributed by atoms with E-state index in [-0.39, 0.29) is 17.9 Å². The van der Waals surface area contributed by atoms with E-state index >= 15 is 0 Å². The summed E-state index contributed by atoms with van der Waals surface area (Å²) in [5, 5.41) is 2.99. The zero-order valence-corrected chi connectivity index (χ0v) is 14.4. The van der Waals surface area contributed by atoms with Gasteiger partial charge in [-0.2, -0.15) is 0 Å². The Morgan fingerprint density at radius 3 is 2.24 bits per heavy atom.